The predicted octanol–water partition coefficient (Wildman–Crippen LogP) is -0.0291. The summed E-state index contributed by atoms with van der Waals surface area (Å²) in [5.74, 6) is 0.159. The Hall–Kier alpha value is -1.14. The zero-order valence-electron chi connectivity index (χ0n) is 12.7. The van der Waals surface area contributed by atoms with Gasteiger partial charge in [0.25, 0.3) is 0 Å². The average Bonchev–Trinajstić information content (AvgIpc) is 2.89. The van der Waals surface area contributed by atoms with Gasteiger partial charge in [-0.05, 0) is 19.3 Å². The molecule has 0 saturated carbocycles. The molecule has 1 aliphatic rings. The van der Waals surface area contributed by atoms with Crippen molar-refractivity contribution >= 4 is 11.8 Å². The van der Waals surface area contributed by atoms with Gasteiger partial charge >= 0.3 is 0 Å². The largest absolute Gasteiger partial charge is 0.381 e. The minimum Gasteiger partial charge on any atom is -0.381 e. The smallest absolute Gasteiger partial charge is 0.241 e. The quantitative estimate of drug-likeness (QED) is 0.688. The summed E-state index contributed by atoms with van der Waals surface area (Å²) >= 11 is 0. The Kier molecular flexibility index (Phi) is 6.95. The van der Waals surface area contributed by atoms with Gasteiger partial charge in [0, 0.05) is 25.6 Å². The summed E-state index contributed by atoms with van der Waals surface area (Å²) in [7, 11) is 0. The van der Waals surface area contributed by atoms with Crippen LogP contribution in [0.4, 0.5) is 0 Å². The maximum atomic E-state index is 12.0. The van der Waals surface area contributed by atoms with Crippen molar-refractivity contribution in [1.29, 1.82) is 0 Å². The summed E-state index contributed by atoms with van der Waals surface area (Å²) in [6, 6.07) is -0.563. The van der Waals surface area contributed by atoms with Crippen LogP contribution in [0.5, 0.6) is 0 Å². The van der Waals surface area contributed by atoms with Gasteiger partial charge in [-0.1, -0.05) is 13.8 Å². The fraction of sp³-hybridized carbons (Fsp3) is 0.857. The van der Waals surface area contributed by atoms with E-state index in [1.54, 1.807) is 4.90 Å². The summed E-state index contributed by atoms with van der Waals surface area (Å²) in [5, 5.41) is 2.61. The second-order valence-electron chi connectivity index (χ2n) is 5.64. The first kappa shape index (κ1) is 16.9. The lowest BCUT2D eigenvalue weighted by Gasteiger charge is -2.19. The summed E-state index contributed by atoms with van der Waals surface area (Å²) in [6.07, 6.45) is 0.963. The van der Waals surface area contributed by atoms with Gasteiger partial charge in [0.05, 0.1) is 19.2 Å². The van der Waals surface area contributed by atoms with Gasteiger partial charge in [-0.25, -0.2) is 0 Å². The third kappa shape index (κ3) is 5.09. The number of nitrogens with one attached hydrogen (secondary N) is 1. The van der Waals surface area contributed by atoms with E-state index < -0.39 is 6.04 Å². The van der Waals surface area contributed by atoms with Crippen LogP contribution >= 0.6 is 0 Å². The zero-order chi connectivity index (χ0) is 15.1. The second-order valence-corrected chi connectivity index (χ2v) is 5.64. The standard InChI is InChI=1S/C14H27N3O3/c1-4-20-9-11-5-6-17(8-11)12(18)7-16-14(19)13(15)10(2)3/h10-11,13H,4-9,15H2,1-3H3,(H,16,19)/t11?,13-/m0/s1. The molecule has 6 nitrogen and oxygen atoms in total. The molecular formula is C14H27N3O3. The number of rotatable bonds is 7. The third-order valence-corrected chi connectivity index (χ3v) is 3.63. The molecule has 2 amide bonds. The Morgan fingerprint density at radius 3 is 2.75 bits per heavy atom. The van der Waals surface area contributed by atoms with Crippen LogP contribution < -0.4 is 11.1 Å². The maximum absolute atomic E-state index is 12.0. The first-order chi connectivity index (χ1) is 9.45. The molecule has 0 radical (unpaired) electrons. The number of likely N-dealkylation sites (tertiary alicyclic amines) is 1. The Morgan fingerprint density at radius 1 is 1.45 bits per heavy atom. The molecular weight excluding hydrogens is 258 g/mol. The molecule has 6 heteroatoms. The Bertz CT molecular complexity index is 334. The lowest BCUT2D eigenvalue weighted by atomic mass is 10.1. The molecule has 1 aliphatic heterocycles. The summed E-state index contributed by atoms with van der Waals surface area (Å²) in [4.78, 5) is 25.5. The van der Waals surface area contributed by atoms with Crippen LogP contribution in [-0.4, -0.2) is 55.6 Å². The summed E-state index contributed by atoms with van der Waals surface area (Å²) < 4.78 is 5.38. The van der Waals surface area contributed by atoms with E-state index in [2.05, 4.69) is 5.32 Å². The molecule has 0 aromatic heterocycles. The zero-order valence-corrected chi connectivity index (χ0v) is 12.7. The first-order valence-electron chi connectivity index (χ1n) is 7.34. The molecule has 0 aromatic carbocycles. The van der Waals surface area contributed by atoms with Crippen molar-refractivity contribution in [3.8, 4) is 0 Å². The first-order valence-corrected chi connectivity index (χ1v) is 7.34. The van der Waals surface area contributed by atoms with Crippen LogP contribution in [0.1, 0.15) is 27.2 Å². The van der Waals surface area contributed by atoms with E-state index in [-0.39, 0.29) is 24.3 Å². The molecule has 20 heavy (non-hydrogen) atoms. The van der Waals surface area contributed by atoms with E-state index in [4.69, 9.17) is 10.5 Å². The predicted molar refractivity (Wildman–Crippen MR) is 77.0 cm³/mol. The van der Waals surface area contributed by atoms with Crippen LogP contribution in [-0.2, 0) is 14.3 Å². The number of ether oxygens (including phenoxy) is 1. The van der Waals surface area contributed by atoms with E-state index in [0.29, 0.717) is 25.7 Å². The van der Waals surface area contributed by atoms with Crippen molar-refractivity contribution < 1.29 is 14.3 Å². The fourth-order valence-electron chi connectivity index (χ4n) is 2.17. The van der Waals surface area contributed by atoms with Gasteiger partial charge < -0.3 is 20.7 Å². The highest BCUT2D eigenvalue weighted by Crippen LogP contribution is 2.16. The van der Waals surface area contributed by atoms with Crippen LogP contribution in [0.25, 0.3) is 0 Å². The third-order valence-electron chi connectivity index (χ3n) is 3.63. The Balaban J connectivity index is 2.28. The molecule has 0 aliphatic carbocycles. The number of amides is 2. The van der Waals surface area contributed by atoms with E-state index in [1.807, 2.05) is 20.8 Å². The van der Waals surface area contributed by atoms with Crippen LogP contribution in [0.3, 0.4) is 0 Å². The van der Waals surface area contributed by atoms with Crippen molar-refractivity contribution in [2.24, 2.45) is 17.6 Å². The number of nitrogens with zero attached hydrogens (tertiary/aromatic N) is 1. The molecule has 1 rings (SSSR count). The van der Waals surface area contributed by atoms with Crippen LogP contribution in [0, 0.1) is 11.8 Å². The molecule has 1 unspecified atom stereocenters. The molecule has 0 aromatic rings. The molecule has 1 fully saturated rings. The summed E-state index contributed by atoms with van der Waals surface area (Å²) in [5.41, 5.74) is 5.72. The highest BCUT2D eigenvalue weighted by molar-refractivity contribution is 5.87. The van der Waals surface area contributed by atoms with Gasteiger partial charge in [0.2, 0.25) is 11.8 Å². The highest BCUT2D eigenvalue weighted by atomic mass is 16.5. The molecule has 0 spiro atoms. The lowest BCUT2D eigenvalue weighted by molar-refractivity contribution is -0.132. The van der Waals surface area contributed by atoms with E-state index in [9.17, 15) is 9.59 Å². The average molecular weight is 285 g/mol. The van der Waals surface area contributed by atoms with Crippen LogP contribution in [0.15, 0.2) is 0 Å². The number of hydrogen-bond acceptors (Lipinski definition) is 4. The normalized spacial score (nSPS) is 20.2. The molecule has 3 N–H and O–H groups in total. The van der Waals surface area contributed by atoms with Crippen LogP contribution in [0.2, 0.25) is 0 Å². The van der Waals surface area contributed by atoms with Crippen molar-refractivity contribution in [2.45, 2.75) is 33.2 Å². The van der Waals surface area contributed by atoms with Crippen molar-refractivity contribution in [2.75, 3.05) is 32.8 Å². The van der Waals surface area contributed by atoms with Gasteiger partial charge in [-0.3, -0.25) is 9.59 Å². The number of nitrogens with two attached hydrogens (primary N) is 1. The summed E-state index contributed by atoms with van der Waals surface area (Å²) in [6.45, 7) is 8.60. The van der Waals surface area contributed by atoms with Gasteiger partial charge in [0.1, 0.15) is 0 Å². The number of carbonyl (C=O) groups excluding carboxylic acids is 2. The topological polar surface area (TPSA) is 84.7 Å². The minimum absolute atomic E-state index is 0.0284. The Morgan fingerprint density at radius 2 is 2.15 bits per heavy atom. The molecule has 0 bridgehead atoms. The second kappa shape index (κ2) is 8.21. The van der Waals surface area contributed by atoms with Gasteiger partial charge in [-0.15, -0.1) is 0 Å². The SMILES string of the molecule is CCOCC1CCN(C(=O)CNC(=O)[C@@H](N)C(C)C)C1. The maximum Gasteiger partial charge on any atom is 0.241 e. The number of hydrogen-bond donors (Lipinski definition) is 2. The highest BCUT2D eigenvalue weighted by Gasteiger charge is 2.26. The van der Waals surface area contributed by atoms with E-state index in [1.165, 1.54) is 0 Å². The molecule has 1 saturated heterocycles. The van der Waals surface area contributed by atoms with Gasteiger partial charge in [0.15, 0.2) is 0 Å². The fourth-order valence-corrected chi connectivity index (χ4v) is 2.17. The van der Waals surface area contributed by atoms with Crippen molar-refractivity contribution in [3.05, 3.63) is 0 Å². The minimum atomic E-state index is -0.563. The van der Waals surface area contributed by atoms with E-state index in [0.717, 1.165) is 13.0 Å². The number of carbonyl (C=O) groups is 2. The van der Waals surface area contributed by atoms with Crippen molar-refractivity contribution in [1.82, 2.24) is 10.2 Å². The van der Waals surface area contributed by atoms with Crippen molar-refractivity contribution in [3.63, 3.8) is 0 Å². The van der Waals surface area contributed by atoms with Gasteiger partial charge in [-0.2, -0.15) is 0 Å². The molecule has 2 atom stereocenters. The lowest BCUT2D eigenvalue weighted by Crippen LogP contribution is -2.47. The monoisotopic (exact) mass is 285 g/mol. The Labute approximate surface area is 121 Å². The molecule has 116 valence electrons. The molecule has 1 heterocycles. The van der Waals surface area contributed by atoms with E-state index >= 15 is 0 Å².